The molecule has 0 rings (SSSR count). The molecule has 0 aliphatic heterocycles. The van der Waals surface area contributed by atoms with E-state index in [9.17, 15) is 19.7 Å². The van der Waals surface area contributed by atoms with Crippen LogP contribution in [0.4, 0.5) is 0 Å². The minimum Gasteiger partial charge on any atom is -0.393 e. The first kappa shape index (κ1) is 11.5. The zero-order valence-electron chi connectivity index (χ0n) is 7.48. The Hall–Kier alpha value is -1.46. The van der Waals surface area contributed by atoms with Gasteiger partial charge < -0.3 is 4.74 Å². The first-order valence-electron chi connectivity index (χ1n) is 3.78. The summed E-state index contributed by atoms with van der Waals surface area (Å²) in [6.45, 7) is 2.50. The van der Waals surface area contributed by atoms with E-state index in [2.05, 4.69) is 4.74 Å². The van der Waals surface area contributed by atoms with Gasteiger partial charge in [-0.15, -0.1) is 0 Å². The maximum atomic E-state index is 10.7. The van der Waals surface area contributed by atoms with E-state index >= 15 is 0 Å². The summed E-state index contributed by atoms with van der Waals surface area (Å²) in [4.78, 5) is 30.6. The van der Waals surface area contributed by atoms with E-state index in [-0.39, 0.29) is 12.8 Å². The average molecular weight is 189 g/mol. The maximum Gasteiger partial charge on any atom is 0.313 e. The highest BCUT2D eigenvalue weighted by Crippen LogP contribution is 2.01. The topological polar surface area (TPSA) is 86.5 Å². The van der Waals surface area contributed by atoms with E-state index in [1.54, 1.807) is 0 Å². The molecule has 13 heavy (non-hydrogen) atoms. The van der Waals surface area contributed by atoms with Gasteiger partial charge in [0.15, 0.2) is 0 Å². The highest BCUT2D eigenvalue weighted by Gasteiger charge is 2.16. The van der Waals surface area contributed by atoms with Crippen molar-refractivity contribution in [2.75, 3.05) is 0 Å². The molecule has 0 aromatic heterocycles. The lowest BCUT2D eigenvalue weighted by atomic mass is 10.2. The third-order valence-corrected chi connectivity index (χ3v) is 1.38. The average Bonchev–Trinajstić information content (AvgIpc) is 1.98. The van der Waals surface area contributed by atoms with Crippen molar-refractivity contribution in [3.63, 3.8) is 0 Å². The molecule has 0 aliphatic carbocycles. The smallest absolute Gasteiger partial charge is 0.313 e. The third-order valence-electron chi connectivity index (χ3n) is 1.38. The Morgan fingerprint density at radius 2 is 2.08 bits per heavy atom. The fourth-order valence-electron chi connectivity index (χ4n) is 0.643. The molecule has 0 N–H and O–H groups in total. The molecule has 0 fully saturated rings. The van der Waals surface area contributed by atoms with Crippen LogP contribution < -0.4 is 0 Å². The Labute approximate surface area is 75.0 Å². The molecule has 6 heteroatoms. The van der Waals surface area contributed by atoms with Gasteiger partial charge in [-0.25, -0.2) is 0 Å². The summed E-state index contributed by atoms with van der Waals surface area (Å²) in [5, 5.41) is 10.1. The van der Waals surface area contributed by atoms with Crippen molar-refractivity contribution in [2.45, 2.75) is 32.7 Å². The van der Waals surface area contributed by atoms with E-state index in [4.69, 9.17) is 0 Å². The first-order chi connectivity index (χ1) is 5.93. The van der Waals surface area contributed by atoms with Gasteiger partial charge in [0.2, 0.25) is 6.04 Å². The Kier molecular flexibility index (Phi) is 4.64. The maximum absolute atomic E-state index is 10.7. The number of hydrogen-bond donors (Lipinski definition) is 0. The minimum absolute atomic E-state index is 0.0825. The van der Waals surface area contributed by atoms with Gasteiger partial charge in [-0.05, 0) is 0 Å². The normalized spacial score (nSPS) is 11.8. The van der Waals surface area contributed by atoms with E-state index in [0.29, 0.717) is 0 Å². The zero-order chi connectivity index (χ0) is 10.4. The van der Waals surface area contributed by atoms with Crippen molar-refractivity contribution < 1.29 is 19.2 Å². The van der Waals surface area contributed by atoms with Gasteiger partial charge in [-0.1, -0.05) is 0 Å². The molecule has 0 amide bonds. The predicted octanol–water partition coefficient (Wildman–Crippen LogP) is 0.521. The largest absolute Gasteiger partial charge is 0.393 e. The number of esters is 2. The van der Waals surface area contributed by atoms with Gasteiger partial charge in [0.05, 0.1) is 6.42 Å². The Balaban J connectivity index is 3.70. The summed E-state index contributed by atoms with van der Waals surface area (Å²) in [6, 6.07) is -0.792. The molecule has 0 aliphatic rings. The highest BCUT2D eigenvalue weighted by molar-refractivity contribution is 5.83. The summed E-state index contributed by atoms with van der Waals surface area (Å²) in [6.07, 6.45) is -0.0269. The van der Waals surface area contributed by atoms with Crippen molar-refractivity contribution in [3.05, 3.63) is 10.1 Å². The van der Waals surface area contributed by atoms with Crippen molar-refractivity contribution in [1.82, 2.24) is 0 Å². The summed E-state index contributed by atoms with van der Waals surface area (Å²) >= 11 is 0. The number of carbonyl (C=O) groups excluding carboxylic acids is 2. The molecule has 0 radical (unpaired) electrons. The molecule has 0 spiro atoms. The van der Waals surface area contributed by atoms with Crippen LogP contribution in [0, 0.1) is 10.1 Å². The second-order valence-electron chi connectivity index (χ2n) is 2.64. The summed E-state index contributed by atoms with van der Waals surface area (Å²) in [5.41, 5.74) is 0. The van der Waals surface area contributed by atoms with Crippen LogP contribution in [0.1, 0.15) is 26.7 Å². The van der Waals surface area contributed by atoms with Crippen LogP contribution in [-0.2, 0) is 14.3 Å². The van der Waals surface area contributed by atoms with Gasteiger partial charge in [0.1, 0.15) is 0 Å². The quantitative estimate of drug-likeness (QED) is 0.278. The Morgan fingerprint density at radius 1 is 1.54 bits per heavy atom. The molecule has 1 atom stereocenters. The molecule has 0 heterocycles. The lowest BCUT2D eigenvalue weighted by molar-refractivity contribution is -0.518. The predicted molar refractivity (Wildman–Crippen MR) is 42.5 cm³/mol. The number of ether oxygens (including phenoxy) is 1. The molecule has 0 bridgehead atoms. The molecule has 0 saturated heterocycles. The van der Waals surface area contributed by atoms with Crippen LogP contribution in [0.25, 0.3) is 0 Å². The van der Waals surface area contributed by atoms with Crippen LogP contribution in [0.5, 0.6) is 0 Å². The number of hydrogen-bond acceptors (Lipinski definition) is 5. The second-order valence-corrected chi connectivity index (χ2v) is 2.64. The Morgan fingerprint density at radius 3 is 2.46 bits per heavy atom. The summed E-state index contributed by atoms with van der Waals surface area (Å²) in [7, 11) is 0. The van der Waals surface area contributed by atoms with Gasteiger partial charge in [-0.2, -0.15) is 0 Å². The molecule has 6 nitrogen and oxygen atoms in total. The number of nitrogens with zero attached hydrogens (tertiary/aromatic N) is 1. The van der Waals surface area contributed by atoms with Gasteiger partial charge in [0.25, 0.3) is 0 Å². The lowest BCUT2D eigenvalue weighted by Crippen LogP contribution is -2.18. The highest BCUT2D eigenvalue weighted by atomic mass is 16.6. The summed E-state index contributed by atoms with van der Waals surface area (Å²) < 4.78 is 4.18. The van der Waals surface area contributed by atoms with Crippen molar-refractivity contribution in [2.24, 2.45) is 0 Å². The van der Waals surface area contributed by atoms with Crippen LogP contribution in [0.2, 0.25) is 0 Å². The Bertz CT molecular complexity index is 225. The molecule has 0 saturated carbocycles. The van der Waals surface area contributed by atoms with Crippen LogP contribution in [0.3, 0.4) is 0 Å². The molecular weight excluding hydrogens is 178 g/mol. The molecule has 74 valence electrons. The standard InChI is InChI=1S/C7H11NO5/c1-5(8(11)12)3-4-7(10)13-6(2)9/h5H,3-4H2,1-2H3. The lowest BCUT2D eigenvalue weighted by Gasteiger charge is -2.02. The van der Waals surface area contributed by atoms with Crippen molar-refractivity contribution in [1.29, 1.82) is 0 Å². The van der Waals surface area contributed by atoms with E-state index < -0.39 is 22.9 Å². The molecule has 1 unspecified atom stereocenters. The summed E-state index contributed by atoms with van der Waals surface area (Å²) in [5.74, 6) is -1.42. The minimum atomic E-state index is -0.792. The van der Waals surface area contributed by atoms with Crippen LogP contribution in [0.15, 0.2) is 0 Å². The first-order valence-corrected chi connectivity index (χ1v) is 3.78. The van der Waals surface area contributed by atoms with Crippen LogP contribution >= 0.6 is 0 Å². The monoisotopic (exact) mass is 189 g/mol. The fraction of sp³-hybridized carbons (Fsp3) is 0.714. The van der Waals surface area contributed by atoms with Gasteiger partial charge in [-0.3, -0.25) is 19.7 Å². The number of nitro groups is 1. The van der Waals surface area contributed by atoms with E-state index in [1.165, 1.54) is 6.92 Å². The molecule has 0 aromatic rings. The molecular formula is C7H11NO5. The van der Waals surface area contributed by atoms with E-state index in [1.807, 2.05) is 0 Å². The number of carbonyl (C=O) groups is 2. The third kappa shape index (κ3) is 5.77. The number of rotatable bonds is 4. The van der Waals surface area contributed by atoms with Crippen LogP contribution in [-0.4, -0.2) is 22.9 Å². The second kappa shape index (κ2) is 5.23. The van der Waals surface area contributed by atoms with Gasteiger partial charge >= 0.3 is 11.9 Å². The van der Waals surface area contributed by atoms with Crippen molar-refractivity contribution >= 4 is 11.9 Å². The zero-order valence-corrected chi connectivity index (χ0v) is 7.48. The van der Waals surface area contributed by atoms with Crippen molar-refractivity contribution in [3.8, 4) is 0 Å². The van der Waals surface area contributed by atoms with Gasteiger partial charge in [0, 0.05) is 25.2 Å². The fourth-order valence-corrected chi connectivity index (χ4v) is 0.643. The van der Waals surface area contributed by atoms with E-state index in [0.717, 1.165) is 6.92 Å². The molecule has 0 aromatic carbocycles. The SMILES string of the molecule is CC(=O)OC(=O)CCC(C)[N+](=O)[O-].